The molecule has 0 amide bonds. The van der Waals surface area contributed by atoms with Crippen LogP contribution in [0.1, 0.15) is 11.1 Å². The average Bonchev–Trinajstić information content (AvgIpc) is 2.81. The number of hydrogen-bond donors (Lipinski definition) is 0. The lowest BCUT2D eigenvalue weighted by Gasteiger charge is -2.07. The summed E-state index contributed by atoms with van der Waals surface area (Å²) in [6.07, 6.45) is 0. The van der Waals surface area contributed by atoms with Gasteiger partial charge in [0.2, 0.25) is 0 Å². The van der Waals surface area contributed by atoms with E-state index in [1.165, 1.54) is 26.9 Å². The third kappa shape index (κ3) is 1.63. The van der Waals surface area contributed by atoms with Crippen molar-refractivity contribution in [1.82, 2.24) is 0 Å². The van der Waals surface area contributed by atoms with Gasteiger partial charge in [-0.3, -0.25) is 4.99 Å². The Bertz CT molecular complexity index is 572. The molecular formula is C14H13NS. The van der Waals surface area contributed by atoms with Gasteiger partial charge < -0.3 is 0 Å². The van der Waals surface area contributed by atoms with Crippen LogP contribution in [0, 0.1) is 6.92 Å². The molecule has 16 heavy (non-hydrogen) atoms. The van der Waals surface area contributed by atoms with E-state index in [9.17, 15) is 0 Å². The highest BCUT2D eigenvalue weighted by molar-refractivity contribution is 8.14. The van der Waals surface area contributed by atoms with Crippen molar-refractivity contribution in [2.75, 3.05) is 12.3 Å². The zero-order valence-electron chi connectivity index (χ0n) is 9.23. The van der Waals surface area contributed by atoms with E-state index in [0.29, 0.717) is 0 Å². The van der Waals surface area contributed by atoms with E-state index in [1.54, 1.807) is 0 Å². The summed E-state index contributed by atoms with van der Waals surface area (Å²) in [6.45, 7) is 3.13. The van der Waals surface area contributed by atoms with E-state index in [4.69, 9.17) is 0 Å². The Kier molecular flexibility index (Phi) is 2.44. The van der Waals surface area contributed by atoms with Crippen molar-refractivity contribution in [3.8, 4) is 0 Å². The number of nitrogens with zero attached hydrogens (tertiary/aromatic N) is 1. The van der Waals surface area contributed by atoms with Crippen molar-refractivity contribution >= 4 is 27.6 Å². The molecule has 0 atom stereocenters. The fourth-order valence-electron chi connectivity index (χ4n) is 2.08. The molecule has 0 N–H and O–H groups in total. The number of rotatable bonds is 1. The van der Waals surface area contributed by atoms with Crippen LogP contribution in [-0.4, -0.2) is 17.3 Å². The molecule has 1 heterocycles. The number of aliphatic imine (C=N–C) groups is 1. The first kappa shape index (κ1) is 9.91. The first-order chi connectivity index (χ1) is 7.84. The quantitative estimate of drug-likeness (QED) is 0.724. The van der Waals surface area contributed by atoms with Crippen LogP contribution in [0.25, 0.3) is 10.8 Å². The molecule has 2 heteroatoms. The summed E-state index contributed by atoms with van der Waals surface area (Å²) in [5.41, 5.74) is 2.63. The van der Waals surface area contributed by atoms with E-state index in [-0.39, 0.29) is 0 Å². The van der Waals surface area contributed by atoms with Crippen molar-refractivity contribution in [2.24, 2.45) is 4.99 Å². The molecule has 1 aliphatic heterocycles. The van der Waals surface area contributed by atoms with Gasteiger partial charge in [-0.15, -0.1) is 11.8 Å². The number of fused-ring (bicyclic) bond motifs is 1. The predicted octanol–water partition coefficient (Wildman–Crippen LogP) is 3.64. The molecule has 2 aromatic carbocycles. The number of benzene rings is 2. The molecule has 0 radical (unpaired) electrons. The van der Waals surface area contributed by atoms with Crippen LogP contribution >= 0.6 is 11.8 Å². The second-order valence-electron chi connectivity index (χ2n) is 4.05. The number of thioether (sulfide) groups is 1. The molecule has 0 fully saturated rings. The SMILES string of the molecule is Cc1cc2ccccc2cc1C1=NCCS1. The molecule has 0 bridgehead atoms. The molecular weight excluding hydrogens is 214 g/mol. The van der Waals surface area contributed by atoms with E-state index in [2.05, 4.69) is 48.3 Å². The van der Waals surface area contributed by atoms with Gasteiger partial charge in [-0.2, -0.15) is 0 Å². The van der Waals surface area contributed by atoms with Crippen LogP contribution in [0.15, 0.2) is 41.4 Å². The van der Waals surface area contributed by atoms with E-state index < -0.39 is 0 Å². The standard InChI is InChI=1S/C14H13NS/c1-10-8-11-4-2-3-5-12(11)9-13(10)14-15-6-7-16-14/h2-5,8-9H,6-7H2,1H3. The number of aryl methyl sites for hydroxylation is 1. The highest BCUT2D eigenvalue weighted by Gasteiger charge is 2.12. The molecule has 3 rings (SSSR count). The molecule has 0 saturated carbocycles. The Morgan fingerprint density at radius 1 is 1.12 bits per heavy atom. The highest BCUT2D eigenvalue weighted by atomic mass is 32.2. The summed E-state index contributed by atoms with van der Waals surface area (Å²) >= 11 is 1.87. The molecule has 2 aromatic rings. The minimum atomic E-state index is 0.965. The van der Waals surface area contributed by atoms with Gasteiger partial charge in [0, 0.05) is 17.9 Å². The summed E-state index contributed by atoms with van der Waals surface area (Å²) < 4.78 is 0. The monoisotopic (exact) mass is 227 g/mol. The normalized spacial score (nSPS) is 15.4. The maximum atomic E-state index is 4.55. The topological polar surface area (TPSA) is 12.4 Å². The summed E-state index contributed by atoms with van der Waals surface area (Å²) in [7, 11) is 0. The zero-order chi connectivity index (χ0) is 11.0. The summed E-state index contributed by atoms with van der Waals surface area (Å²) in [4.78, 5) is 4.55. The Labute approximate surface area is 99.6 Å². The van der Waals surface area contributed by atoms with Gasteiger partial charge in [0.25, 0.3) is 0 Å². The predicted molar refractivity (Wildman–Crippen MR) is 72.5 cm³/mol. The molecule has 0 saturated heterocycles. The fourth-order valence-corrected chi connectivity index (χ4v) is 3.02. The fraction of sp³-hybridized carbons (Fsp3) is 0.214. The van der Waals surface area contributed by atoms with Crippen molar-refractivity contribution in [3.63, 3.8) is 0 Å². The molecule has 0 spiro atoms. The van der Waals surface area contributed by atoms with Crippen LogP contribution in [0.4, 0.5) is 0 Å². The summed E-state index contributed by atoms with van der Waals surface area (Å²) in [5.74, 6) is 1.13. The minimum Gasteiger partial charge on any atom is -0.277 e. The van der Waals surface area contributed by atoms with E-state index in [1.807, 2.05) is 11.8 Å². The van der Waals surface area contributed by atoms with Crippen molar-refractivity contribution < 1.29 is 0 Å². The summed E-state index contributed by atoms with van der Waals surface area (Å²) in [5, 5.41) is 3.83. The molecule has 80 valence electrons. The Balaban J connectivity index is 2.21. The van der Waals surface area contributed by atoms with Gasteiger partial charge in [0.05, 0.1) is 5.04 Å². The van der Waals surface area contributed by atoms with Gasteiger partial charge in [0.15, 0.2) is 0 Å². The maximum absolute atomic E-state index is 4.55. The highest BCUT2D eigenvalue weighted by Crippen LogP contribution is 2.26. The van der Waals surface area contributed by atoms with Gasteiger partial charge in [0.1, 0.15) is 0 Å². The van der Waals surface area contributed by atoms with Crippen LogP contribution in [0.2, 0.25) is 0 Å². The Morgan fingerprint density at radius 2 is 1.88 bits per heavy atom. The van der Waals surface area contributed by atoms with Crippen LogP contribution in [0.5, 0.6) is 0 Å². The third-order valence-corrected chi connectivity index (χ3v) is 3.92. The van der Waals surface area contributed by atoms with Gasteiger partial charge in [-0.25, -0.2) is 0 Å². The lowest BCUT2D eigenvalue weighted by Crippen LogP contribution is -1.95. The second-order valence-corrected chi connectivity index (χ2v) is 5.13. The molecule has 0 unspecified atom stereocenters. The lowest BCUT2D eigenvalue weighted by molar-refractivity contribution is 1.17. The van der Waals surface area contributed by atoms with Crippen LogP contribution in [0.3, 0.4) is 0 Å². The Hall–Kier alpha value is -1.28. The van der Waals surface area contributed by atoms with Gasteiger partial charge >= 0.3 is 0 Å². The van der Waals surface area contributed by atoms with Gasteiger partial charge in [-0.1, -0.05) is 30.3 Å². The van der Waals surface area contributed by atoms with E-state index >= 15 is 0 Å². The first-order valence-corrected chi connectivity index (χ1v) is 6.50. The van der Waals surface area contributed by atoms with Crippen LogP contribution < -0.4 is 0 Å². The zero-order valence-corrected chi connectivity index (χ0v) is 10.1. The maximum Gasteiger partial charge on any atom is 0.0980 e. The smallest absolute Gasteiger partial charge is 0.0980 e. The van der Waals surface area contributed by atoms with Crippen molar-refractivity contribution in [2.45, 2.75) is 6.92 Å². The van der Waals surface area contributed by atoms with Crippen LogP contribution in [-0.2, 0) is 0 Å². The molecule has 1 nitrogen and oxygen atoms in total. The molecule has 0 aromatic heterocycles. The number of hydrogen-bond acceptors (Lipinski definition) is 2. The largest absolute Gasteiger partial charge is 0.277 e. The second kappa shape index (κ2) is 3.95. The summed E-state index contributed by atoms with van der Waals surface area (Å²) in [6, 6.07) is 13.0. The average molecular weight is 227 g/mol. The molecule has 0 aliphatic carbocycles. The molecule has 1 aliphatic rings. The van der Waals surface area contributed by atoms with Crippen molar-refractivity contribution in [3.05, 3.63) is 47.5 Å². The van der Waals surface area contributed by atoms with Crippen molar-refractivity contribution in [1.29, 1.82) is 0 Å². The third-order valence-electron chi connectivity index (χ3n) is 2.91. The van der Waals surface area contributed by atoms with Gasteiger partial charge in [-0.05, 0) is 29.3 Å². The Morgan fingerprint density at radius 3 is 2.56 bits per heavy atom. The minimum absolute atomic E-state index is 0.965. The van der Waals surface area contributed by atoms with E-state index in [0.717, 1.165) is 12.3 Å². The first-order valence-electron chi connectivity index (χ1n) is 5.51. The lowest BCUT2D eigenvalue weighted by atomic mass is 10.0.